The third kappa shape index (κ3) is 7.93. The maximum absolute atomic E-state index is 14.4. The number of halogens is 3. The molecular weight excluding hydrogens is 761 g/mol. The van der Waals surface area contributed by atoms with E-state index in [9.17, 15) is 32.3 Å². The zero-order chi connectivity index (χ0) is 40.7. The van der Waals surface area contributed by atoms with Crippen LogP contribution in [0.25, 0.3) is 33.9 Å². The van der Waals surface area contributed by atoms with Crippen molar-refractivity contribution in [2.45, 2.75) is 81.7 Å². The smallest absolute Gasteiger partial charge is 0.433 e. The number of carbonyl (C=O) groups excluding carboxylic acids is 4. The van der Waals surface area contributed by atoms with Gasteiger partial charge in [0.15, 0.2) is 5.82 Å². The number of alkyl carbamates (subject to hydrolysis) is 2. The van der Waals surface area contributed by atoms with Crippen LogP contribution in [-0.2, 0) is 25.2 Å². The standard InChI is InChI=1S/C39H43F3N10O6/c1-57-37(55)48-29(21-7-8-21)35(53)51-15-3-5-26(51)33-45-19-25(46-33)24-17-43-32(44-18-24)23-13-11-20(12-14-23)28-31(39(40,41)42)50-34(47-28)27-6-4-16-52(27)36(54)30(22-9-10-22)49-38(56)58-2/h11-14,17-19,21-22,26-27,29-30H,3-10,15-16H2,1-2H3,(H,45,46)(H,47,50)(H,48,55)(H,49,56)/t26-,27-,29+,30+/m1/s1. The van der Waals surface area contributed by atoms with Crippen LogP contribution in [0.15, 0.2) is 42.9 Å². The first kappa shape index (κ1) is 38.8. The summed E-state index contributed by atoms with van der Waals surface area (Å²) in [5.41, 5.74) is 0.737. The fourth-order valence-corrected chi connectivity index (χ4v) is 7.99. The van der Waals surface area contributed by atoms with Crippen LogP contribution < -0.4 is 10.6 Å². The maximum Gasteiger partial charge on any atom is 0.433 e. The Morgan fingerprint density at radius 2 is 1.22 bits per heavy atom. The van der Waals surface area contributed by atoms with Gasteiger partial charge in [0.05, 0.1) is 38.2 Å². The summed E-state index contributed by atoms with van der Waals surface area (Å²) < 4.78 is 52.7. The predicted octanol–water partition coefficient (Wildman–Crippen LogP) is 5.54. The number of alkyl halides is 3. The molecule has 19 heteroatoms. The predicted molar refractivity (Wildman–Crippen MR) is 199 cm³/mol. The van der Waals surface area contributed by atoms with Crippen molar-refractivity contribution >= 4 is 24.0 Å². The molecule has 4 fully saturated rings. The molecule has 4 aliphatic rings. The third-order valence-corrected chi connectivity index (χ3v) is 11.3. The number of nitrogens with zero attached hydrogens (tertiary/aromatic N) is 6. The van der Waals surface area contributed by atoms with Crippen molar-refractivity contribution in [3.05, 3.63) is 60.2 Å². The molecule has 4 aromatic rings. The van der Waals surface area contributed by atoms with E-state index in [1.54, 1.807) is 35.6 Å². The average Bonchev–Trinajstić information content (AvgIpc) is 3.96. The van der Waals surface area contributed by atoms with Crippen molar-refractivity contribution in [3.8, 4) is 33.9 Å². The van der Waals surface area contributed by atoms with Gasteiger partial charge in [0, 0.05) is 42.2 Å². The lowest BCUT2D eigenvalue weighted by Crippen LogP contribution is -2.49. The van der Waals surface area contributed by atoms with E-state index in [2.05, 4.69) is 40.5 Å². The molecule has 4 N–H and O–H groups in total. The van der Waals surface area contributed by atoms with Gasteiger partial charge in [0.1, 0.15) is 35.1 Å². The Morgan fingerprint density at radius 1 is 0.707 bits per heavy atom. The highest BCUT2D eigenvalue weighted by Crippen LogP contribution is 2.42. The summed E-state index contributed by atoms with van der Waals surface area (Å²) in [7, 11) is 2.47. The highest BCUT2D eigenvalue weighted by Gasteiger charge is 2.46. The van der Waals surface area contributed by atoms with Gasteiger partial charge in [-0.1, -0.05) is 24.3 Å². The number of rotatable bonds is 11. The SMILES string of the molecule is COC(=O)N[C@H](C(=O)N1CCC[C@@H]1c1ncc(-c2cnc(-c3ccc(-c4nc([C@H]5CCCN5C(=O)[C@@H](NC(=O)OC)C5CC5)[nH]c4C(F)(F)F)cc3)nc2)[nH]1)C1CC1. The van der Waals surface area contributed by atoms with Gasteiger partial charge in [0.25, 0.3) is 0 Å². The summed E-state index contributed by atoms with van der Waals surface area (Å²) in [5, 5.41) is 5.30. The van der Waals surface area contributed by atoms with Crippen molar-refractivity contribution in [2.24, 2.45) is 11.8 Å². The molecule has 2 aliphatic heterocycles. The number of nitrogens with one attached hydrogen (secondary N) is 4. The van der Waals surface area contributed by atoms with Crippen LogP contribution in [0.3, 0.4) is 0 Å². The number of carbonyl (C=O) groups is 4. The molecule has 0 unspecified atom stereocenters. The molecule has 2 saturated heterocycles. The number of aromatic amines is 2. The summed E-state index contributed by atoms with van der Waals surface area (Å²) in [5.74, 6) is 0.476. The first-order valence-corrected chi connectivity index (χ1v) is 19.4. The Morgan fingerprint density at radius 3 is 1.72 bits per heavy atom. The molecule has 0 radical (unpaired) electrons. The van der Waals surface area contributed by atoms with Gasteiger partial charge < -0.3 is 39.9 Å². The highest BCUT2D eigenvalue weighted by atomic mass is 19.4. The first-order chi connectivity index (χ1) is 27.9. The van der Waals surface area contributed by atoms with E-state index in [0.717, 1.165) is 32.1 Å². The summed E-state index contributed by atoms with van der Waals surface area (Å²) >= 11 is 0. The molecular formula is C39H43F3N10O6. The van der Waals surface area contributed by atoms with Gasteiger partial charge in [-0.05, 0) is 63.2 Å². The number of likely N-dealkylation sites (tertiary alicyclic amines) is 2. The third-order valence-electron chi connectivity index (χ3n) is 11.3. The number of ether oxygens (including phenoxy) is 2. The van der Waals surface area contributed by atoms with Crippen LogP contribution in [0.2, 0.25) is 0 Å². The molecule has 16 nitrogen and oxygen atoms in total. The second-order valence-electron chi connectivity index (χ2n) is 15.2. The zero-order valence-corrected chi connectivity index (χ0v) is 31.8. The Balaban J connectivity index is 0.967. The van der Waals surface area contributed by atoms with Gasteiger partial charge in [-0.15, -0.1) is 0 Å². The summed E-state index contributed by atoms with van der Waals surface area (Å²) in [6.07, 6.45) is 4.43. The van der Waals surface area contributed by atoms with Crippen LogP contribution in [-0.4, -0.2) is 103 Å². The van der Waals surface area contributed by atoms with E-state index in [-0.39, 0.29) is 46.8 Å². The molecule has 5 heterocycles. The van der Waals surface area contributed by atoms with Crippen LogP contribution in [0.1, 0.15) is 80.8 Å². The van der Waals surface area contributed by atoms with E-state index < -0.39 is 42.2 Å². The Labute approximate surface area is 330 Å². The fraction of sp³-hybridized carbons (Fsp3) is 0.487. The van der Waals surface area contributed by atoms with Crippen molar-refractivity contribution in [1.29, 1.82) is 0 Å². The highest BCUT2D eigenvalue weighted by molar-refractivity contribution is 5.87. The van der Waals surface area contributed by atoms with E-state index in [1.807, 2.05) is 0 Å². The summed E-state index contributed by atoms with van der Waals surface area (Å²) in [6.45, 7) is 0.861. The minimum atomic E-state index is -4.76. The molecule has 4 atom stereocenters. The fourth-order valence-electron chi connectivity index (χ4n) is 7.99. The minimum absolute atomic E-state index is 0.0241. The van der Waals surface area contributed by atoms with Crippen LogP contribution >= 0.6 is 0 Å². The monoisotopic (exact) mass is 804 g/mol. The zero-order valence-electron chi connectivity index (χ0n) is 31.8. The number of imidazole rings is 2. The Bertz CT molecular complexity index is 2170. The van der Waals surface area contributed by atoms with Gasteiger partial charge in [-0.25, -0.2) is 29.5 Å². The lowest BCUT2D eigenvalue weighted by Gasteiger charge is -2.28. The molecule has 0 bridgehead atoms. The number of benzene rings is 1. The van der Waals surface area contributed by atoms with Crippen LogP contribution in [0, 0.1) is 11.8 Å². The normalized spacial score (nSPS) is 20.4. The van der Waals surface area contributed by atoms with Gasteiger partial charge >= 0.3 is 18.4 Å². The molecule has 3 aromatic heterocycles. The largest absolute Gasteiger partial charge is 0.453 e. The van der Waals surface area contributed by atoms with Crippen molar-refractivity contribution in [2.75, 3.05) is 27.3 Å². The van der Waals surface area contributed by atoms with E-state index in [4.69, 9.17) is 9.47 Å². The molecule has 2 saturated carbocycles. The second kappa shape index (κ2) is 15.7. The molecule has 58 heavy (non-hydrogen) atoms. The molecule has 306 valence electrons. The molecule has 8 rings (SSSR count). The second-order valence-corrected chi connectivity index (χ2v) is 15.2. The molecule has 2 aliphatic carbocycles. The number of amides is 4. The van der Waals surface area contributed by atoms with E-state index in [1.165, 1.54) is 31.3 Å². The Kier molecular flexibility index (Phi) is 10.5. The Hall–Kier alpha value is -6.01. The number of hydrogen-bond donors (Lipinski definition) is 4. The molecule has 1 aromatic carbocycles. The lowest BCUT2D eigenvalue weighted by molar-refractivity contribution is -0.140. The first-order valence-electron chi connectivity index (χ1n) is 19.4. The lowest BCUT2D eigenvalue weighted by atomic mass is 10.1. The average molecular weight is 805 g/mol. The summed E-state index contributed by atoms with van der Waals surface area (Å²) in [6, 6.07) is 3.78. The van der Waals surface area contributed by atoms with Crippen molar-refractivity contribution < 1.29 is 41.8 Å². The van der Waals surface area contributed by atoms with E-state index in [0.29, 0.717) is 60.8 Å². The topological polar surface area (TPSA) is 200 Å². The van der Waals surface area contributed by atoms with Crippen LogP contribution in [0.4, 0.5) is 22.8 Å². The summed E-state index contributed by atoms with van der Waals surface area (Å²) in [4.78, 5) is 78.1. The maximum atomic E-state index is 14.4. The van der Waals surface area contributed by atoms with Gasteiger partial charge in [-0.2, -0.15) is 13.2 Å². The number of hydrogen-bond acceptors (Lipinski definition) is 10. The number of H-pyrrole nitrogens is 2. The quantitative estimate of drug-likeness (QED) is 0.149. The van der Waals surface area contributed by atoms with E-state index >= 15 is 0 Å². The molecule has 0 spiro atoms. The van der Waals surface area contributed by atoms with Crippen LogP contribution in [0.5, 0.6) is 0 Å². The van der Waals surface area contributed by atoms with Gasteiger partial charge in [-0.3, -0.25) is 9.59 Å². The minimum Gasteiger partial charge on any atom is -0.453 e. The number of aromatic nitrogens is 6. The number of methoxy groups -OCH3 is 2. The van der Waals surface area contributed by atoms with Gasteiger partial charge in [0.2, 0.25) is 11.8 Å². The van der Waals surface area contributed by atoms with Crippen molar-refractivity contribution in [3.63, 3.8) is 0 Å². The molecule has 4 amide bonds. The van der Waals surface area contributed by atoms with Crippen molar-refractivity contribution in [1.82, 2.24) is 50.3 Å².